The summed E-state index contributed by atoms with van der Waals surface area (Å²) >= 11 is 0. The van der Waals surface area contributed by atoms with E-state index < -0.39 is 0 Å². The van der Waals surface area contributed by atoms with E-state index in [1.54, 1.807) is 12.1 Å². The van der Waals surface area contributed by atoms with Crippen molar-refractivity contribution >= 4 is 17.2 Å². The minimum Gasteiger partial charge on any atom is -0.506 e. The van der Waals surface area contributed by atoms with Gasteiger partial charge in [-0.1, -0.05) is 6.58 Å². The zero-order valence-corrected chi connectivity index (χ0v) is 9.52. The van der Waals surface area contributed by atoms with E-state index in [4.69, 9.17) is 5.73 Å². The number of nitrogen functional groups attached to an aromatic ring is 1. The Morgan fingerprint density at radius 1 is 1.22 bits per heavy atom. The predicted molar refractivity (Wildman–Crippen MR) is 69.4 cm³/mol. The van der Waals surface area contributed by atoms with Gasteiger partial charge in [0.1, 0.15) is 23.1 Å². The summed E-state index contributed by atoms with van der Waals surface area (Å²) in [6, 6.07) is 8.69. The second-order valence-electron chi connectivity index (χ2n) is 3.71. The fraction of sp³-hybridized carbons (Fsp3) is 0. The molecule has 92 valence electrons. The van der Waals surface area contributed by atoms with Crippen molar-refractivity contribution in [1.29, 1.82) is 0 Å². The molecule has 1 aromatic carbocycles. The smallest absolute Gasteiger partial charge is 0.143 e. The summed E-state index contributed by atoms with van der Waals surface area (Å²) in [6.07, 6.45) is 0. The summed E-state index contributed by atoms with van der Waals surface area (Å²) < 4.78 is 12.7. The number of anilines is 2. The standard InChI is InChI=1S/C13H12FN3O/c1-8(13-11(18)6-7-12(15)17-13)16-10-4-2-9(14)3-5-10/h2-7,16,18H,1H2,(H2,15,17). The molecule has 0 aliphatic carbocycles. The topological polar surface area (TPSA) is 71.2 Å². The molecule has 0 bridgehead atoms. The van der Waals surface area contributed by atoms with Crippen LogP contribution < -0.4 is 11.1 Å². The van der Waals surface area contributed by atoms with Gasteiger partial charge in [-0.05, 0) is 36.4 Å². The van der Waals surface area contributed by atoms with Crippen LogP contribution in [0.1, 0.15) is 5.69 Å². The predicted octanol–water partition coefficient (Wildman–Crippen LogP) is 2.59. The lowest BCUT2D eigenvalue weighted by Gasteiger charge is -2.10. The molecule has 2 aromatic rings. The SMILES string of the molecule is C=C(Nc1ccc(F)cc1)c1nc(N)ccc1O. The molecule has 0 aliphatic heterocycles. The van der Waals surface area contributed by atoms with Crippen LogP contribution in [0.5, 0.6) is 5.75 Å². The van der Waals surface area contributed by atoms with Crippen molar-refractivity contribution in [3.63, 3.8) is 0 Å². The van der Waals surface area contributed by atoms with Gasteiger partial charge in [-0.2, -0.15) is 0 Å². The van der Waals surface area contributed by atoms with Crippen LogP contribution in [0.2, 0.25) is 0 Å². The summed E-state index contributed by atoms with van der Waals surface area (Å²) in [5.41, 5.74) is 6.83. The summed E-state index contributed by atoms with van der Waals surface area (Å²) in [6.45, 7) is 3.76. The number of halogens is 1. The molecular weight excluding hydrogens is 233 g/mol. The molecule has 2 rings (SSSR count). The van der Waals surface area contributed by atoms with E-state index in [2.05, 4.69) is 16.9 Å². The van der Waals surface area contributed by atoms with Crippen LogP contribution >= 0.6 is 0 Å². The number of hydrogen-bond acceptors (Lipinski definition) is 4. The zero-order valence-electron chi connectivity index (χ0n) is 9.52. The molecular formula is C13H12FN3O. The number of benzene rings is 1. The Bertz CT molecular complexity index is 581. The van der Waals surface area contributed by atoms with E-state index in [1.165, 1.54) is 24.3 Å². The third-order valence-corrected chi connectivity index (χ3v) is 2.32. The fourth-order valence-electron chi connectivity index (χ4n) is 1.46. The molecule has 0 saturated heterocycles. The first-order chi connectivity index (χ1) is 8.56. The number of hydrogen-bond donors (Lipinski definition) is 3. The van der Waals surface area contributed by atoms with E-state index >= 15 is 0 Å². The molecule has 1 heterocycles. The molecule has 0 atom stereocenters. The van der Waals surface area contributed by atoms with Crippen LogP contribution in [0.25, 0.3) is 5.70 Å². The molecule has 0 unspecified atom stereocenters. The third kappa shape index (κ3) is 2.57. The lowest BCUT2D eigenvalue weighted by atomic mass is 10.2. The molecule has 1 aromatic heterocycles. The minimum absolute atomic E-state index is 0.0242. The van der Waals surface area contributed by atoms with E-state index in [9.17, 15) is 9.50 Å². The molecule has 4 nitrogen and oxygen atoms in total. The van der Waals surface area contributed by atoms with Crippen molar-refractivity contribution in [3.05, 3.63) is 54.5 Å². The second-order valence-corrected chi connectivity index (χ2v) is 3.71. The number of aromatic nitrogens is 1. The van der Waals surface area contributed by atoms with Gasteiger partial charge in [-0.25, -0.2) is 9.37 Å². The van der Waals surface area contributed by atoms with Crippen LogP contribution in [0, 0.1) is 5.82 Å². The Hall–Kier alpha value is -2.56. The number of nitrogens with two attached hydrogens (primary N) is 1. The Morgan fingerprint density at radius 3 is 2.56 bits per heavy atom. The maximum Gasteiger partial charge on any atom is 0.143 e. The van der Waals surface area contributed by atoms with Crippen molar-refractivity contribution in [2.75, 3.05) is 11.1 Å². The van der Waals surface area contributed by atoms with Gasteiger partial charge >= 0.3 is 0 Å². The fourth-order valence-corrected chi connectivity index (χ4v) is 1.46. The highest BCUT2D eigenvalue weighted by Gasteiger charge is 2.08. The summed E-state index contributed by atoms with van der Waals surface area (Å²) in [5.74, 6) is -0.0650. The van der Waals surface area contributed by atoms with Crippen LogP contribution in [-0.4, -0.2) is 10.1 Å². The number of nitrogens with zero attached hydrogens (tertiary/aromatic N) is 1. The highest BCUT2D eigenvalue weighted by Crippen LogP contribution is 2.24. The van der Waals surface area contributed by atoms with Crippen LogP contribution in [0.4, 0.5) is 15.9 Å². The van der Waals surface area contributed by atoms with Gasteiger partial charge < -0.3 is 16.2 Å². The number of nitrogens with one attached hydrogen (secondary N) is 1. The minimum atomic E-state index is -0.323. The molecule has 0 radical (unpaired) electrons. The normalized spacial score (nSPS) is 10.1. The number of aromatic hydroxyl groups is 1. The quantitative estimate of drug-likeness (QED) is 0.777. The van der Waals surface area contributed by atoms with Crippen LogP contribution in [0.3, 0.4) is 0 Å². The Balaban J connectivity index is 2.21. The van der Waals surface area contributed by atoms with Gasteiger partial charge in [0.05, 0.1) is 5.70 Å². The summed E-state index contributed by atoms with van der Waals surface area (Å²) in [5, 5.41) is 12.6. The van der Waals surface area contributed by atoms with Gasteiger partial charge in [0.15, 0.2) is 0 Å². The van der Waals surface area contributed by atoms with Crippen molar-refractivity contribution < 1.29 is 9.50 Å². The van der Waals surface area contributed by atoms with Crippen molar-refractivity contribution in [3.8, 4) is 5.75 Å². The van der Waals surface area contributed by atoms with Crippen LogP contribution in [-0.2, 0) is 0 Å². The molecule has 0 fully saturated rings. The first-order valence-corrected chi connectivity index (χ1v) is 5.23. The molecule has 4 N–H and O–H groups in total. The number of pyridine rings is 1. The first-order valence-electron chi connectivity index (χ1n) is 5.23. The highest BCUT2D eigenvalue weighted by atomic mass is 19.1. The Labute approximate surface area is 104 Å². The lowest BCUT2D eigenvalue weighted by Crippen LogP contribution is -2.02. The van der Waals surface area contributed by atoms with Gasteiger partial charge in [-0.15, -0.1) is 0 Å². The van der Waals surface area contributed by atoms with Crippen molar-refractivity contribution in [1.82, 2.24) is 4.98 Å². The Morgan fingerprint density at radius 2 is 1.89 bits per heavy atom. The third-order valence-electron chi connectivity index (χ3n) is 2.32. The monoisotopic (exact) mass is 245 g/mol. The zero-order chi connectivity index (χ0) is 13.1. The van der Waals surface area contributed by atoms with Crippen molar-refractivity contribution in [2.24, 2.45) is 0 Å². The van der Waals surface area contributed by atoms with Crippen LogP contribution in [0.15, 0.2) is 43.0 Å². The number of rotatable bonds is 3. The van der Waals surface area contributed by atoms with Gasteiger partial charge in [0.2, 0.25) is 0 Å². The maximum atomic E-state index is 12.7. The average molecular weight is 245 g/mol. The van der Waals surface area contributed by atoms with E-state index in [0.717, 1.165) is 0 Å². The highest BCUT2D eigenvalue weighted by molar-refractivity contribution is 5.76. The molecule has 0 aliphatic rings. The molecule has 18 heavy (non-hydrogen) atoms. The second kappa shape index (κ2) is 4.75. The summed E-state index contributed by atoms with van der Waals surface area (Å²) in [7, 11) is 0. The van der Waals surface area contributed by atoms with Gasteiger partial charge in [0.25, 0.3) is 0 Å². The largest absolute Gasteiger partial charge is 0.506 e. The van der Waals surface area contributed by atoms with E-state index in [1.807, 2.05) is 0 Å². The molecule has 0 spiro atoms. The van der Waals surface area contributed by atoms with Gasteiger partial charge in [0, 0.05) is 5.69 Å². The molecule has 0 saturated carbocycles. The Kier molecular flexibility index (Phi) is 3.14. The van der Waals surface area contributed by atoms with Gasteiger partial charge in [-0.3, -0.25) is 0 Å². The maximum absolute atomic E-state index is 12.7. The molecule has 5 heteroatoms. The van der Waals surface area contributed by atoms with Crippen molar-refractivity contribution in [2.45, 2.75) is 0 Å². The summed E-state index contributed by atoms with van der Waals surface area (Å²) in [4.78, 5) is 3.98. The first kappa shape index (κ1) is 11.9. The molecule has 0 amide bonds. The average Bonchev–Trinajstić information content (AvgIpc) is 2.35. The lowest BCUT2D eigenvalue weighted by molar-refractivity contribution is 0.471. The van der Waals surface area contributed by atoms with E-state index in [0.29, 0.717) is 11.4 Å². The van der Waals surface area contributed by atoms with E-state index in [-0.39, 0.29) is 23.1 Å².